The number of benzene rings is 4. The number of carbonyl (C=O) groups is 2. The highest BCUT2D eigenvalue weighted by atomic mass is 16.6. The van der Waals surface area contributed by atoms with E-state index in [1.807, 2.05) is 97.1 Å². The number of hydrogen-bond acceptors (Lipinski definition) is 5. The fraction of sp³-hybridized carbons (Fsp3) is 0.125. The first kappa shape index (κ1) is 23.6. The van der Waals surface area contributed by atoms with Gasteiger partial charge in [0.1, 0.15) is 6.04 Å². The summed E-state index contributed by atoms with van der Waals surface area (Å²) in [7, 11) is 0. The molecule has 186 valence electrons. The average Bonchev–Trinajstić information content (AvgIpc) is 3.33. The number of Topliss-reactive ketones (excluding diaryl/α,β-unsaturated/α-hetero) is 2. The van der Waals surface area contributed by atoms with E-state index in [4.69, 9.17) is 0 Å². The zero-order chi connectivity index (χ0) is 26.2. The van der Waals surface area contributed by atoms with Crippen LogP contribution in [0.1, 0.15) is 37.8 Å². The van der Waals surface area contributed by atoms with Crippen molar-refractivity contribution in [3.8, 4) is 0 Å². The molecular formula is C32H24N2O4. The molecule has 2 aliphatic rings. The lowest BCUT2D eigenvalue weighted by Crippen LogP contribution is -2.43. The molecule has 0 N–H and O–H groups in total. The Labute approximate surface area is 220 Å². The number of non-ortho nitro benzene ring substituents is 1. The van der Waals surface area contributed by atoms with E-state index >= 15 is 0 Å². The van der Waals surface area contributed by atoms with Gasteiger partial charge in [-0.1, -0.05) is 103 Å². The fourth-order valence-electron chi connectivity index (χ4n) is 5.94. The normalized spacial score (nSPS) is 21.4. The number of nitrogens with zero attached hydrogens (tertiary/aromatic N) is 2. The van der Waals surface area contributed by atoms with Gasteiger partial charge in [0.2, 0.25) is 0 Å². The molecule has 4 aromatic carbocycles. The van der Waals surface area contributed by atoms with Crippen molar-refractivity contribution < 1.29 is 14.5 Å². The lowest BCUT2D eigenvalue weighted by Gasteiger charge is -2.35. The molecule has 0 saturated carbocycles. The van der Waals surface area contributed by atoms with Gasteiger partial charge in [0, 0.05) is 34.9 Å². The maximum absolute atomic E-state index is 14.4. The molecule has 2 heterocycles. The largest absolute Gasteiger partial charge is 0.353 e. The van der Waals surface area contributed by atoms with Crippen LogP contribution in [0.15, 0.2) is 115 Å². The molecule has 4 unspecified atom stereocenters. The Balaban J connectivity index is 1.57. The summed E-state index contributed by atoms with van der Waals surface area (Å²) >= 11 is 0. The molecule has 4 atom stereocenters. The summed E-state index contributed by atoms with van der Waals surface area (Å²) in [5.41, 5.74) is 3.41. The quantitative estimate of drug-likeness (QED) is 0.175. The Morgan fingerprint density at radius 3 is 2.13 bits per heavy atom. The summed E-state index contributed by atoms with van der Waals surface area (Å²) in [6.45, 7) is 0. The van der Waals surface area contributed by atoms with E-state index in [-0.39, 0.29) is 28.9 Å². The summed E-state index contributed by atoms with van der Waals surface area (Å²) in [6, 6.07) is 31.4. The number of ketones is 2. The maximum Gasteiger partial charge on any atom is 0.270 e. The van der Waals surface area contributed by atoms with Crippen LogP contribution in [0.2, 0.25) is 0 Å². The number of nitro benzene ring substituents is 1. The first-order valence-electron chi connectivity index (χ1n) is 12.5. The van der Waals surface area contributed by atoms with Gasteiger partial charge in [-0.15, -0.1) is 0 Å². The minimum Gasteiger partial charge on any atom is -0.353 e. The summed E-state index contributed by atoms with van der Waals surface area (Å²) < 4.78 is 0. The number of fused-ring (bicyclic) bond motifs is 3. The second kappa shape index (κ2) is 9.56. The van der Waals surface area contributed by atoms with Crippen molar-refractivity contribution >= 4 is 29.0 Å². The summed E-state index contributed by atoms with van der Waals surface area (Å²) in [6.07, 6.45) is 4.04. The van der Waals surface area contributed by atoms with Crippen LogP contribution in [0.5, 0.6) is 0 Å². The zero-order valence-electron chi connectivity index (χ0n) is 20.4. The molecule has 0 amide bonds. The van der Waals surface area contributed by atoms with E-state index in [0.717, 1.165) is 16.8 Å². The SMILES string of the molecule is O=C(c1ccccc1)C1C(c2ccccc2)C(C(=O)c2cccc([N+](=O)[O-])c2)N2c3ccccc3C=CC12. The number of anilines is 1. The highest BCUT2D eigenvalue weighted by Crippen LogP contribution is 2.50. The predicted octanol–water partition coefficient (Wildman–Crippen LogP) is 6.34. The topological polar surface area (TPSA) is 80.5 Å². The van der Waals surface area contributed by atoms with E-state index in [0.29, 0.717) is 5.56 Å². The third-order valence-electron chi connectivity index (χ3n) is 7.56. The number of rotatable bonds is 6. The molecule has 4 aromatic rings. The van der Waals surface area contributed by atoms with Crippen molar-refractivity contribution in [1.82, 2.24) is 0 Å². The van der Waals surface area contributed by atoms with E-state index in [1.54, 1.807) is 6.07 Å². The minimum absolute atomic E-state index is 0.0344. The van der Waals surface area contributed by atoms with Crippen LogP contribution >= 0.6 is 0 Å². The van der Waals surface area contributed by atoms with Crippen molar-refractivity contribution in [1.29, 1.82) is 0 Å². The number of nitro groups is 1. The molecule has 0 bridgehead atoms. The first-order valence-corrected chi connectivity index (χ1v) is 12.5. The molecule has 6 nitrogen and oxygen atoms in total. The van der Waals surface area contributed by atoms with E-state index in [9.17, 15) is 19.7 Å². The van der Waals surface area contributed by atoms with Crippen molar-refractivity contribution in [2.75, 3.05) is 4.90 Å². The molecule has 6 heteroatoms. The smallest absolute Gasteiger partial charge is 0.270 e. The van der Waals surface area contributed by atoms with Crippen LogP contribution in [0, 0.1) is 16.0 Å². The summed E-state index contributed by atoms with van der Waals surface area (Å²) in [5.74, 6) is -1.30. The van der Waals surface area contributed by atoms with Gasteiger partial charge in [0.25, 0.3) is 5.69 Å². The lowest BCUT2D eigenvalue weighted by molar-refractivity contribution is -0.384. The van der Waals surface area contributed by atoms with Gasteiger partial charge in [-0.05, 0) is 17.2 Å². The Morgan fingerprint density at radius 1 is 0.737 bits per heavy atom. The van der Waals surface area contributed by atoms with Gasteiger partial charge in [-0.25, -0.2) is 0 Å². The molecule has 1 saturated heterocycles. The molecule has 6 rings (SSSR count). The van der Waals surface area contributed by atoms with E-state index < -0.39 is 22.8 Å². The molecule has 0 aliphatic carbocycles. The van der Waals surface area contributed by atoms with Gasteiger partial charge in [0.15, 0.2) is 11.6 Å². The molecule has 0 spiro atoms. The minimum atomic E-state index is -0.742. The van der Waals surface area contributed by atoms with Gasteiger partial charge in [0.05, 0.1) is 16.9 Å². The Kier molecular flexibility index (Phi) is 5.92. The van der Waals surface area contributed by atoms with Crippen LogP contribution in [-0.2, 0) is 0 Å². The van der Waals surface area contributed by atoms with Gasteiger partial charge < -0.3 is 4.90 Å². The van der Waals surface area contributed by atoms with Crippen molar-refractivity contribution in [3.05, 3.63) is 148 Å². The van der Waals surface area contributed by atoms with Crippen LogP contribution < -0.4 is 4.90 Å². The van der Waals surface area contributed by atoms with Crippen molar-refractivity contribution in [2.24, 2.45) is 5.92 Å². The Bertz CT molecular complexity index is 1560. The van der Waals surface area contributed by atoms with Crippen molar-refractivity contribution in [3.63, 3.8) is 0 Å². The molecule has 0 aromatic heterocycles. The Hall–Kier alpha value is -4.84. The van der Waals surface area contributed by atoms with Crippen LogP contribution in [0.25, 0.3) is 6.08 Å². The highest BCUT2D eigenvalue weighted by Gasteiger charge is 2.55. The maximum atomic E-state index is 14.4. The molecular weight excluding hydrogens is 476 g/mol. The van der Waals surface area contributed by atoms with Gasteiger partial charge >= 0.3 is 0 Å². The number of carbonyl (C=O) groups excluding carboxylic acids is 2. The lowest BCUT2D eigenvalue weighted by atomic mass is 9.76. The summed E-state index contributed by atoms with van der Waals surface area (Å²) in [5, 5.41) is 11.5. The second-order valence-corrected chi connectivity index (χ2v) is 9.62. The number of hydrogen-bond donors (Lipinski definition) is 0. The van der Waals surface area contributed by atoms with Crippen LogP contribution in [0.3, 0.4) is 0 Å². The molecule has 2 aliphatic heterocycles. The van der Waals surface area contributed by atoms with Crippen LogP contribution in [0.4, 0.5) is 11.4 Å². The fourth-order valence-corrected chi connectivity index (χ4v) is 5.94. The van der Waals surface area contributed by atoms with Gasteiger partial charge in [-0.3, -0.25) is 19.7 Å². The average molecular weight is 501 g/mol. The zero-order valence-corrected chi connectivity index (χ0v) is 20.4. The van der Waals surface area contributed by atoms with Crippen LogP contribution in [-0.4, -0.2) is 28.6 Å². The van der Waals surface area contributed by atoms with E-state index in [2.05, 4.69) is 4.90 Å². The summed E-state index contributed by atoms with van der Waals surface area (Å²) in [4.78, 5) is 41.6. The monoisotopic (exact) mass is 500 g/mol. The molecule has 38 heavy (non-hydrogen) atoms. The second-order valence-electron chi connectivity index (χ2n) is 9.62. The highest BCUT2D eigenvalue weighted by molar-refractivity contribution is 6.07. The third-order valence-corrected chi connectivity index (χ3v) is 7.56. The van der Waals surface area contributed by atoms with E-state index in [1.165, 1.54) is 18.2 Å². The molecule has 1 fully saturated rings. The molecule has 0 radical (unpaired) electrons. The first-order chi connectivity index (χ1) is 18.5. The number of para-hydroxylation sites is 1. The predicted molar refractivity (Wildman–Crippen MR) is 146 cm³/mol. The standard InChI is InChI=1S/C32H24N2O4/c35-31(23-13-5-2-6-14-23)29-27-19-18-21-10-7-8-17-26(21)33(27)30(28(29)22-11-3-1-4-12-22)32(36)24-15-9-16-25(20-24)34(37)38/h1-20,27-30H. The van der Waals surface area contributed by atoms with Gasteiger partial charge in [-0.2, -0.15) is 0 Å². The van der Waals surface area contributed by atoms with Crippen molar-refractivity contribution in [2.45, 2.75) is 18.0 Å². The third kappa shape index (κ3) is 3.91. The Morgan fingerprint density at radius 2 is 1.39 bits per heavy atom.